The van der Waals surface area contributed by atoms with Crippen molar-refractivity contribution in [3.63, 3.8) is 0 Å². The fourth-order valence-electron chi connectivity index (χ4n) is 4.68. The van der Waals surface area contributed by atoms with Crippen LogP contribution in [0.3, 0.4) is 0 Å². The molecule has 2 heterocycles. The van der Waals surface area contributed by atoms with Gasteiger partial charge < -0.3 is 0 Å². The first kappa shape index (κ1) is 27.4. The summed E-state index contributed by atoms with van der Waals surface area (Å²) in [5, 5.41) is 11.5. The summed E-state index contributed by atoms with van der Waals surface area (Å²) < 4.78 is 0. The number of Topliss-reactive ketones (excluding diaryl/α,β-unsaturated/α-hetero) is 2. The van der Waals surface area contributed by atoms with E-state index in [1.54, 1.807) is 38.1 Å². The Labute approximate surface area is 213 Å². The third kappa shape index (κ3) is 6.15. The monoisotopic (exact) mass is 494 g/mol. The maximum absolute atomic E-state index is 13.1. The van der Waals surface area contributed by atoms with Gasteiger partial charge in [0.15, 0.2) is 11.6 Å². The van der Waals surface area contributed by atoms with Gasteiger partial charge in [0.2, 0.25) is 0 Å². The molecule has 0 saturated carbocycles. The van der Waals surface area contributed by atoms with Gasteiger partial charge in [0, 0.05) is 24.2 Å². The molecule has 0 bridgehead atoms. The van der Waals surface area contributed by atoms with Crippen LogP contribution in [0.25, 0.3) is 0 Å². The minimum Gasteiger partial charge on any atom is -0.293 e. The first-order valence-corrected chi connectivity index (χ1v) is 13.2. The third-order valence-electron chi connectivity index (χ3n) is 6.82. The van der Waals surface area contributed by atoms with Crippen molar-refractivity contribution in [1.82, 2.24) is 10.0 Å². The third-order valence-corrected chi connectivity index (χ3v) is 6.82. The number of rotatable bonds is 14. The van der Waals surface area contributed by atoms with E-state index >= 15 is 0 Å². The lowest BCUT2D eigenvalue weighted by molar-refractivity contribution is -0.131. The van der Waals surface area contributed by atoms with Crippen molar-refractivity contribution >= 4 is 34.8 Å². The highest BCUT2D eigenvalue weighted by molar-refractivity contribution is 6.28. The molecule has 0 unspecified atom stereocenters. The molecule has 0 aliphatic carbocycles. The Morgan fingerprint density at radius 3 is 1.36 bits per heavy atom. The number of hydrogen-bond donors (Lipinski definition) is 0. The molecule has 8 nitrogen and oxygen atoms in total. The van der Waals surface area contributed by atoms with Crippen molar-refractivity contribution in [2.75, 3.05) is 13.1 Å². The second-order valence-electron chi connectivity index (χ2n) is 9.70. The van der Waals surface area contributed by atoms with Gasteiger partial charge in [-0.25, -0.2) is 10.0 Å². The number of amides is 2. The van der Waals surface area contributed by atoms with Crippen molar-refractivity contribution < 1.29 is 19.2 Å². The van der Waals surface area contributed by atoms with Gasteiger partial charge >= 0.3 is 0 Å². The largest absolute Gasteiger partial charge is 0.293 e. The highest BCUT2D eigenvalue weighted by Crippen LogP contribution is 2.24. The van der Waals surface area contributed by atoms with Gasteiger partial charge in [0.25, 0.3) is 11.8 Å². The van der Waals surface area contributed by atoms with Crippen LogP contribution in [-0.4, -0.2) is 57.9 Å². The highest BCUT2D eigenvalue weighted by atomic mass is 16.2. The van der Waals surface area contributed by atoms with Crippen LogP contribution in [0.1, 0.15) is 99.8 Å². The molecule has 2 atom stereocenters. The van der Waals surface area contributed by atoms with Gasteiger partial charge in [-0.2, -0.15) is 10.2 Å². The summed E-state index contributed by atoms with van der Waals surface area (Å²) in [5.74, 6) is -3.10. The maximum atomic E-state index is 13.1. The van der Waals surface area contributed by atoms with E-state index in [1.807, 2.05) is 0 Å². The van der Waals surface area contributed by atoms with Gasteiger partial charge in [-0.15, -0.1) is 0 Å². The molecule has 0 aromatic heterocycles. The van der Waals surface area contributed by atoms with Crippen molar-refractivity contribution in [1.29, 1.82) is 0 Å². The minimum absolute atomic E-state index is 0.295. The summed E-state index contributed by atoms with van der Waals surface area (Å²) in [4.78, 5) is 51.9. The van der Waals surface area contributed by atoms with Gasteiger partial charge in [-0.05, 0) is 26.7 Å². The summed E-state index contributed by atoms with van der Waals surface area (Å²) >= 11 is 0. The van der Waals surface area contributed by atoms with Crippen molar-refractivity contribution in [3.05, 3.63) is 35.4 Å². The number of unbranched alkanes of at least 4 members (excludes halogenated alkanes) is 6. The van der Waals surface area contributed by atoms with E-state index < -0.39 is 11.8 Å². The quantitative estimate of drug-likeness (QED) is 0.209. The van der Waals surface area contributed by atoms with Crippen molar-refractivity contribution in [3.8, 4) is 0 Å². The maximum Gasteiger partial charge on any atom is 0.259 e. The lowest BCUT2D eigenvalue weighted by Gasteiger charge is -2.15. The topological polar surface area (TPSA) is 99.5 Å². The standard InChI is InChI=1S/C28H38N4O4/c1-5-7-9-11-17-31-27(35)23(19(3)29-31)25(33)21-13-15-22(16-14-21)26(34)24-20(4)30-32(28(24)36)18-12-10-8-6-2/h13-16,23-24H,5-12,17-18H2,1-4H3/t23-,24+. The Morgan fingerprint density at radius 2 is 1.03 bits per heavy atom. The number of carbonyl (C=O) groups is 4. The molecule has 0 saturated heterocycles. The fourth-order valence-corrected chi connectivity index (χ4v) is 4.68. The molecule has 2 amide bonds. The number of hydrogen-bond acceptors (Lipinski definition) is 6. The van der Waals surface area contributed by atoms with Crippen LogP contribution >= 0.6 is 0 Å². The molecule has 36 heavy (non-hydrogen) atoms. The molecule has 0 spiro atoms. The van der Waals surface area contributed by atoms with E-state index in [4.69, 9.17) is 0 Å². The zero-order valence-corrected chi connectivity index (χ0v) is 22.0. The van der Waals surface area contributed by atoms with Crippen LogP contribution in [0, 0.1) is 11.8 Å². The first-order chi connectivity index (χ1) is 17.3. The summed E-state index contributed by atoms with van der Waals surface area (Å²) in [5.41, 5.74) is 1.66. The molecule has 1 aromatic carbocycles. The molecule has 2 aliphatic rings. The number of hydrazone groups is 2. The van der Waals surface area contributed by atoms with E-state index in [0.717, 1.165) is 51.4 Å². The molecule has 3 rings (SSSR count). The lowest BCUT2D eigenvalue weighted by atomic mass is 9.90. The average Bonchev–Trinajstić information content (AvgIpc) is 3.31. The lowest BCUT2D eigenvalue weighted by Crippen LogP contribution is -2.34. The zero-order chi connectivity index (χ0) is 26.2. The Balaban J connectivity index is 1.62. The molecule has 0 radical (unpaired) electrons. The van der Waals surface area contributed by atoms with Crippen molar-refractivity contribution in [2.24, 2.45) is 22.0 Å². The Morgan fingerprint density at radius 1 is 0.667 bits per heavy atom. The molecular weight excluding hydrogens is 456 g/mol. The normalized spacial score (nSPS) is 19.7. The van der Waals surface area contributed by atoms with Gasteiger partial charge in [0.05, 0.1) is 11.4 Å². The second kappa shape index (κ2) is 12.7. The van der Waals surface area contributed by atoms with Crippen LogP contribution in [0.15, 0.2) is 34.5 Å². The van der Waals surface area contributed by atoms with Gasteiger partial charge in [0.1, 0.15) is 11.8 Å². The summed E-state index contributed by atoms with van der Waals surface area (Å²) in [6.07, 6.45) is 8.17. The second-order valence-corrected chi connectivity index (χ2v) is 9.70. The molecule has 1 aromatic rings. The molecule has 0 N–H and O–H groups in total. The van der Waals surface area contributed by atoms with Crippen LogP contribution in [0.5, 0.6) is 0 Å². The van der Waals surface area contributed by atoms with Crippen molar-refractivity contribution in [2.45, 2.75) is 79.1 Å². The minimum atomic E-state index is -0.926. The van der Waals surface area contributed by atoms with Crippen LogP contribution in [-0.2, 0) is 9.59 Å². The predicted molar refractivity (Wildman–Crippen MR) is 140 cm³/mol. The number of carbonyl (C=O) groups excluding carboxylic acids is 4. The summed E-state index contributed by atoms with van der Waals surface area (Å²) in [6.45, 7) is 8.68. The highest BCUT2D eigenvalue weighted by Gasteiger charge is 2.40. The summed E-state index contributed by atoms with van der Waals surface area (Å²) in [6, 6.07) is 6.20. The van der Waals surface area contributed by atoms with E-state index in [9.17, 15) is 19.2 Å². The van der Waals surface area contributed by atoms with E-state index in [1.165, 1.54) is 10.0 Å². The average molecular weight is 495 g/mol. The molecular formula is C28H38N4O4. The molecule has 2 aliphatic heterocycles. The van der Waals surface area contributed by atoms with Crippen LogP contribution in [0.2, 0.25) is 0 Å². The number of benzene rings is 1. The zero-order valence-electron chi connectivity index (χ0n) is 22.0. The Kier molecular flexibility index (Phi) is 9.67. The Bertz CT molecular complexity index is 961. The smallest absolute Gasteiger partial charge is 0.259 e. The van der Waals surface area contributed by atoms with Crippen LogP contribution in [0.4, 0.5) is 0 Å². The first-order valence-electron chi connectivity index (χ1n) is 13.2. The fraction of sp³-hybridized carbons (Fsp3) is 0.571. The van der Waals surface area contributed by atoms with E-state index in [-0.39, 0.29) is 23.4 Å². The number of ketones is 2. The molecule has 194 valence electrons. The SMILES string of the molecule is CCCCCCN1N=C(C)[C@H](C(=O)c2ccc(C(=O)[C@H]3C(=O)N(CCCCCC)N=C3C)cc2)C1=O. The molecule has 8 heteroatoms. The van der Waals surface area contributed by atoms with Gasteiger partial charge in [-0.3, -0.25) is 19.2 Å². The number of nitrogens with zero attached hydrogens (tertiary/aromatic N) is 4. The van der Waals surface area contributed by atoms with E-state index in [2.05, 4.69) is 24.1 Å². The Hall–Kier alpha value is -3.16. The molecule has 0 fully saturated rings. The summed E-state index contributed by atoms with van der Waals surface area (Å²) in [7, 11) is 0. The van der Waals surface area contributed by atoms with E-state index in [0.29, 0.717) is 35.6 Å². The van der Waals surface area contributed by atoms with Crippen LogP contribution < -0.4 is 0 Å². The predicted octanol–water partition coefficient (Wildman–Crippen LogP) is 4.88. The van der Waals surface area contributed by atoms with Gasteiger partial charge in [-0.1, -0.05) is 76.6 Å².